The third-order valence-electron chi connectivity index (χ3n) is 3.48. The Hall–Kier alpha value is -3.19. The number of rotatable bonds is 7. The van der Waals surface area contributed by atoms with Gasteiger partial charge in [-0.05, 0) is 24.6 Å². The summed E-state index contributed by atoms with van der Waals surface area (Å²) in [4.78, 5) is 15.3. The first-order valence-corrected chi connectivity index (χ1v) is 7.81. The second kappa shape index (κ2) is 8.07. The highest BCUT2D eigenvalue weighted by Gasteiger charge is 2.11. The van der Waals surface area contributed by atoms with E-state index in [0.717, 1.165) is 11.1 Å². The Balaban J connectivity index is 1.65. The lowest BCUT2D eigenvalue weighted by molar-refractivity contribution is -0.129. The van der Waals surface area contributed by atoms with Crippen LogP contribution < -0.4 is 10.2 Å². The number of carbonyl (C=O) groups excluding carboxylic acids is 1. The zero-order valence-corrected chi connectivity index (χ0v) is 13.4. The summed E-state index contributed by atoms with van der Waals surface area (Å²) in [5.41, 5.74) is 3.22. The summed E-state index contributed by atoms with van der Waals surface area (Å²) < 4.78 is 10.9. The number of nitrogens with one attached hydrogen (secondary N) is 1. The first-order chi connectivity index (χ1) is 12.3. The molecule has 128 valence electrons. The Bertz CT molecular complexity index is 833. The summed E-state index contributed by atoms with van der Waals surface area (Å²) in [6, 6.07) is 16.9. The van der Waals surface area contributed by atoms with Gasteiger partial charge in [0.25, 0.3) is 5.89 Å². The third kappa shape index (κ3) is 4.42. The van der Waals surface area contributed by atoms with E-state index in [0.29, 0.717) is 30.5 Å². The van der Waals surface area contributed by atoms with Crippen LogP contribution in [0, 0.1) is 0 Å². The molecule has 2 aromatic carbocycles. The van der Waals surface area contributed by atoms with Crippen LogP contribution in [0.4, 0.5) is 0 Å². The van der Waals surface area contributed by atoms with Gasteiger partial charge in [-0.1, -0.05) is 41.6 Å². The van der Waals surface area contributed by atoms with Crippen molar-refractivity contribution in [3.05, 3.63) is 54.6 Å². The van der Waals surface area contributed by atoms with Gasteiger partial charge in [-0.15, -0.1) is 0 Å². The zero-order valence-electron chi connectivity index (χ0n) is 13.4. The van der Waals surface area contributed by atoms with Crippen LogP contribution in [-0.2, 0) is 4.79 Å². The lowest BCUT2D eigenvalue weighted by Gasteiger charge is -2.06. The Kier molecular flexibility index (Phi) is 5.38. The molecular formula is C18H17N3O4. The van der Waals surface area contributed by atoms with Crippen LogP contribution in [0.15, 0.2) is 59.1 Å². The molecule has 0 aliphatic carbocycles. The van der Waals surface area contributed by atoms with E-state index < -0.39 is 5.91 Å². The quantitative estimate of drug-likeness (QED) is 0.390. The summed E-state index contributed by atoms with van der Waals surface area (Å²) in [6.45, 7) is 0.357. The standard InChI is InChI=1S/C18H17N3O4/c22-16(20-23)10-5-11-24-15-9-4-8-14(12-15)18-19-17(21-25-18)13-6-2-1-3-7-13/h1-4,6-9,12,23H,5,10-11H2,(H,20,22). The van der Waals surface area contributed by atoms with Gasteiger partial charge < -0.3 is 9.26 Å². The molecule has 0 saturated heterocycles. The molecule has 7 heteroatoms. The van der Waals surface area contributed by atoms with Crippen molar-refractivity contribution in [2.24, 2.45) is 0 Å². The molecule has 2 N–H and O–H groups in total. The topological polar surface area (TPSA) is 97.5 Å². The molecule has 0 atom stereocenters. The highest BCUT2D eigenvalue weighted by molar-refractivity contribution is 5.74. The first-order valence-electron chi connectivity index (χ1n) is 7.81. The van der Waals surface area contributed by atoms with Crippen molar-refractivity contribution in [1.29, 1.82) is 0 Å². The molecule has 3 aromatic rings. The maximum absolute atomic E-state index is 10.9. The Morgan fingerprint density at radius 2 is 1.92 bits per heavy atom. The van der Waals surface area contributed by atoms with Gasteiger partial charge in [0.2, 0.25) is 11.7 Å². The minimum absolute atomic E-state index is 0.195. The molecule has 1 amide bonds. The molecular weight excluding hydrogens is 322 g/mol. The lowest BCUT2D eigenvalue weighted by atomic mass is 10.2. The zero-order chi connectivity index (χ0) is 17.5. The second-order valence-corrected chi connectivity index (χ2v) is 5.30. The molecule has 0 unspecified atom stereocenters. The van der Waals surface area contributed by atoms with Crippen molar-refractivity contribution in [3.63, 3.8) is 0 Å². The first kappa shape index (κ1) is 16.7. The van der Waals surface area contributed by atoms with Crippen LogP contribution in [0.25, 0.3) is 22.8 Å². The average Bonchev–Trinajstić information content (AvgIpc) is 3.16. The van der Waals surface area contributed by atoms with E-state index in [1.54, 1.807) is 11.5 Å². The van der Waals surface area contributed by atoms with Crippen molar-refractivity contribution < 1.29 is 19.3 Å². The van der Waals surface area contributed by atoms with Gasteiger partial charge in [-0.3, -0.25) is 10.0 Å². The van der Waals surface area contributed by atoms with E-state index in [4.69, 9.17) is 14.5 Å². The molecule has 3 rings (SSSR count). The van der Waals surface area contributed by atoms with Gasteiger partial charge >= 0.3 is 0 Å². The summed E-state index contributed by atoms with van der Waals surface area (Å²) in [5, 5.41) is 12.4. The van der Waals surface area contributed by atoms with Gasteiger partial charge in [0, 0.05) is 17.5 Å². The van der Waals surface area contributed by atoms with Gasteiger partial charge in [-0.2, -0.15) is 4.98 Å². The van der Waals surface area contributed by atoms with Gasteiger partial charge in [0.1, 0.15) is 5.75 Å². The van der Waals surface area contributed by atoms with E-state index >= 15 is 0 Å². The van der Waals surface area contributed by atoms with Crippen molar-refractivity contribution in [2.75, 3.05) is 6.61 Å². The molecule has 0 bridgehead atoms. The highest BCUT2D eigenvalue weighted by Crippen LogP contribution is 2.25. The maximum Gasteiger partial charge on any atom is 0.258 e. The Morgan fingerprint density at radius 3 is 2.72 bits per heavy atom. The van der Waals surface area contributed by atoms with Crippen molar-refractivity contribution in [3.8, 4) is 28.6 Å². The van der Waals surface area contributed by atoms with Crippen LogP contribution >= 0.6 is 0 Å². The highest BCUT2D eigenvalue weighted by atomic mass is 16.5. The minimum Gasteiger partial charge on any atom is -0.494 e. The average molecular weight is 339 g/mol. The Morgan fingerprint density at radius 1 is 1.12 bits per heavy atom. The van der Waals surface area contributed by atoms with Gasteiger partial charge in [0.15, 0.2) is 0 Å². The van der Waals surface area contributed by atoms with E-state index in [1.165, 1.54) is 0 Å². The molecule has 7 nitrogen and oxygen atoms in total. The normalized spacial score (nSPS) is 10.4. The fourth-order valence-corrected chi connectivity index (χ4v) is 2.24. The van der Waals surface area contributed by atoms with Crippen LogP contribution in [0.5, 0.6) is 5.75 Å². The van der Waals surface area contributed by atoms with E-state index in [9.17, 15) is 4.79 Å². The number of nitrogens with zero attached hydrogens (tertiary/aromatic N) is 2. The van der Waals surface area contributed by atoms with Crippen LogP contribution in [-0.4, -0.2) is 27.9 Å². The predicted molar refractivity (Wildman–Crippen MR) is 89.8 cm³/mol. The molecule has 0 spiro atoms. The van der Waals surface area contributed by atoms with E-state index in [-0.39, 0.29) is 6.42 Å². The maximum atomic E-state index is 10.9. The number of amides is 1. The molecule has 0 aliphatic heterocycles. The number of hydrogen-bond donors (Lipinski definition) is 2. The van der Waals surface area contributed by atoms with Gasteiger partial charge in [0.05, 0.1) is 6.61 Å². The van der Waals surface area contributed by atoms with Crippen LogP contribution in [0.1, 0.15) is 12.8 Å². The van der Waals surface area contributed by atoms with Crippen molar-refractivity contribution in [1.82, 2.24) is 15.6 Å². The van der Waals surface area contributed by atoms with Crippen LogP contribution in [0.3, 0.4) is 0 Å². The SMILES string of the molecule is O=C(CCCOc1cccc(-c2nc(-c3ccccc3)no2)c1)NO. The molecule has 1 aromatic heterocycles. The Labute approximate surface area is 144 Å². The van der Waals surface area contributed by atoms with E-state index in [1.807, 2.05) is 48.5 Å². The minimum atomic E-state index is -0.434. The number of hydroxylamine groups is 1. The fourth-order valence-electron chi connectivity index (χ4n) is 2.24. The molecule has 1 heterocycles. The number of hydrogen-bond acceptors (Lipinski definition) is 6. The smallest absolute Gasteiger partial charge is 0.258 e. The van der Waals surface area contributed by atoms with Crippen molar-refractivity contribution >= 4 is 5.91 Å². The second-order valence-electron chi connectivity index (χ2n) is 5.30. The monoisotopic (exact) mass is 339 g/mol. The third-order valence-corrected chi connectivity index (χ3v) is 3.48. The molecule has 25 heavy (non-hydrogen) atoms. The van der Waals surface area contributed by atoms with Crippen molar-refractivity contribution in [2.45, 2.75) is 12.8 Å². The molecule has 0 saturated carbocycles. The molecule has 0 aliphatic rings. The summed E-state index contributed by atoms with van der Waals surface area (Å²) in [7, 11) is 0. The van der Waals surface area contributed by atoms with Gasteiger partial charge in [-0.25, -0.2) is 5.48 Å². The predicted octanol–water partition coefficient (Wildman–Crippen LogP) is 3.07. The molecule has 0 fully saturated rings. The largest absolute Gasteiger partial charge is 0.494 e. The number of benzene rings is 2. The lowest BCUT2D eigenvalue weighted by Crippen LogP contribution is -2.18. The number of ether oxygens (including phenoxy) is 1. The number of aromatic nitrogens is 2. The van der Waals surface area contributed by atoms with Crippen LogP contribution in [0.2, 0.25) is 0 Å². The summed E-state index contributed by atoms with van der Waals surface area (Å²) in [6.07, 6.45) is 0.690. The van der Waals surface area contributed by atoms with E-state index in [2.05, 4.69) is 10.1 Å². The fraction of sp³-hybridized carbons (Fsp3) is 0.167. The summed E-state index contributed by atoms with van der Waals surface area (Å²) in [5.74, 6) is 1.14. The number of carbonyl (C=O) groups is 1. The summed E-state index contributed by atoms with van der Waals surface area (Å²) >= 11 is 0. The molecule has 0 radical (unpaired) electrons.